The normalized spacial score (nSPS) is 31.8. The van der Waals surface area contributed by atoms with Gasteiger partial charge in [0.1, 0.15) is 6.04 Å². The van der Waals surface area contributed by atoms with Crippen LogP contribution in [0.5, 0.6) is 0 Å². The first-order valence-corrected chi connectivity index (χ1v) is 5.33. The van der Waals surface area contributed by atoms with Crippen molar-refractivity contribution in [3.05, 3.63) is 0 Å². The molecule has 2 saturated heterocycles. The molecule has 0 saturated carbocycles. The van der Waals surface area contributed by atoms with E-state index in [1.54, 1.807) is 0 Å². The quantitative estimate of drug-likeness (QED) is 0.486. The summed E-state index contributed by atoms with van der Waals surface area (Å²) in [6.07, 6.45) is 2.40. The van der Waals surface area contributed by atoms with Crippen molar-refractivity contribution in [2.45, 2.75) is 31.9 Å². The molecule has 2 aliphatic heterocycles. The molecule has 0 aromatic rings. The molecule has 2 aliphatic rings. The van der Waals surface area contributed by atoms with E-state index in [9.17, 15) is 4.79 Å². The van der Waals surface area contributed by atoms with Crippen LogP contribution in [-0.4, -0.2) is 49.3 Å². The Labute approximate surface area is 84.2 Å². The lowest BCUT2D eigenvalue weighted by Gasteiger charge is -2.21. The molecule has 2 rings (SSSR count). The predicted molar refractivity (Wildman–Crippen MR) is 51.0 cm³/mol. The van der Waals surface area contributed by atoms with Crippen LogP contribution in [0.25, 0.3) is 0 Å². The maximum Gasteiger partial charge on any atom is 0.323 e. The van der Waals surface area contributed by atoms with Crippen LogP contribution in [0.4, 0.5) is 0 Å². The van der Waals surface area contributed by atoms with Gasteiger partial charge in [0.2, 0.25) is 0 Å². The highest BCUT2D eigenvalue weighted by Crippen LogP contribution is 2.22. The van der Waals surface area contributed by atoms with Crippen LogP contribution in [0.1, 0.15) is 19.8 Å². The monoisotopic (exact) mass is 199 g/mol. The number of rotatable bonds is 4. The summed E-state index contributed by atoms with van der Waals surface area (Å²) in [5.74, 6) is -0.0642. The number of carbonyl (C=O) groups excluding carboxylic acids is 1. The molecule has 0 radical (unpaired) electrons. The minimum atomic E-state index is -0.0642. The summed E-state index contributed by atoms with van der Waals surface area (Å²) in [6.45, 7) is 5.07. The highest BCUT2D eigenvalue weighted by molar-refractivity contribution is 5.76. The largest absolute Gasteiger partial charge is 0.465 e. The van der Waals surface area contributed by atoms with Crippen LogP contribution in [0.3, 0.4) is 0 Å². The molecule has 2 unspecified atom stereocenters. The first-order valence-electron chi connectivity index (χ1n) is 5.33. The fourth-order valence-electron chi connectivity index (χ4n) is 1.99. The smallest absolute Gasteiger partial charge is 0.323 e. The van der Waals surface area contributed by atoms with Crippen LogP contribution in [-0.2, 0) is 14.3 Å². The van der Waals surface area contributed by atoms with Crippen molar-refractivity contribution in [1.82, 2.24) is 4.90 Å². The van der Waals surface area contributed by atoms with E-state index in [0.717, 1.165) is 32.5 Å². The summed E-state index contributed by atoms with van der Waals surface area (Å²) in [4.78, 5) is 13.7. The van der Waals surface area contributed by atoms with Gasteiger partial charge in [0.25, 0.3) is 0 Å². The summed E-state index contributed by atoms with van der Waals surface area (Å²) in [5, 5.41) is 0. The molecule has 4 nitrogen and oxygen atoms in total. The molecule has 14 heavy (non-hydrogen) atoms. The second kappa shape index (κ2) is 4.28. The number of hydrogen-bond acceptors (Lipinski definition) is 4. The fraction of sp³-hybridized carbons (Fsp3) is 0.900. The topological polar surface area (TPSA) is 42.1 Å². The Hall–Kier alpha value is -0.610. The average Bonchev–Trinajstić information content (AvgIpc) is 2.82. The lowest BCUT2D eigenvalue weighted by atomic mass is 10.2. The van der Waals surface area contributed by atoms with Gasteiger partial charge in [-0.15, -0.1) is 0 Å². The highest BCUT2D eigenvalue weighted by atomic mass is 16.6. The van der Waals surface area contributed by atoms with E-state index in [1.807, 2.05) is 6.92 Å². The average molecular weight is 199 g/mol. The number of nitrogens with zero attached hydrogens (tertiary/aromatic N) is 1. The van der Waals surface area contributed by atoms with Gasteiger partial charge in [-0.2, -0.15) is 0 Å². The third-order valence-corrected chi connectivity index (χ3v) is 2.76. The summed E-state index contributed by atoms with van der Waals surface area (Å²) in [6, 6.07) is -0.0147. The molecule has 4 heteroatoms. The molecule has 0 bridgehead atoms. The van der Waals surface area contributed by atoms with Crippen molar-refractivity contribution < 1.29 is 14.3 Å². The van der Waals surface area contributed by atoms with Crippen LogP contribution in [0.2, 0.25) is 0 Å². The van der Waals surface area contributed by atoms with E-state index in [2.05, 4.69) is 4.90 Å². The maximum absolute atomic E-state index is 11.6. The van der Waals surface area contributed by atoms with Crippen LogP contribution in [0, 0.1) is 0 Å². The summed E-state index contributed by atoms with van der Waals surface area (Å²) >= 11 is 0. The molecule has 2 heterocycles. The van der Waals surface area contributed by atoms with Gasteiger partial charge in [-0.1, -0.05) is 0 Å². The van der Waals surface area contributed by atoms with Gasteiger partial charge in [-0.3, -0.25) is 9.69 Å². The molecule has 0 spiro atoms. The van der Waals surface area contributed by atoms with Crippen molar-refractivity contribution in [2.24, 2.45) is 0 Å². The second-order valence-corrected chi connectivity index (χ2v) is 3.86. The fourth-order valence-corrected chi connectivity index (χ4v) is 1.99. The number of hydrogen-bond donors (Lipinski definition) is 0. The predicted octanol–water partition coefficient (Wildman–Crippen LogP) is 0.413. The van der Waals surface area contributed by atoms with Gasteiger partial charge < -0.3 is 9.47 Å². The van der Waals surface area contributed by atoms with E-state index in [-0.39, 0.29) is 12.0 Å². The van der Waals surface area contributed by atoms with Crippen molar-refractivity contribution in [3.8, 4) is 0 Å². The van der Waals surface area contributed by atoms with Crippen molar-refractivity contribution in [2.75, 3.05) is 26.3 Å². The second-order valence-electron chi connectivity index (χ2n) is 3.86. The van der Waals surface area contributed by atoms with Crippen molar-refractivity contribution in [1.29, 1.82) is 0 Å². The van der Waals surface area contributed by atoms with E-state index >= 15 is 0 Å². The number of likely N-dealkylation sites (tertiary alicyclic amines) is 1. The van der Waals surface area contributed by atoms with E-state index in [1.165, 1.54) is 0 Å². The maximum atomic E-state index is 11.6. The first kappa shape index (κ1) is 9.93. The number of ether oxygens (including phenoxy) is 2. The number of carbonyl (C=O) groups is 1. The van der Waals surface area contributed by atoms with Crippen LogP contribution in [0.15, 0.2) is 0 Å². The van der Waals surface area contributed by atoms with Gasteiger partial charge in [0, 0.05) is 6.54 Å². The minimum Gasteiger partial charge on any atom is -0.465 e. The Balaban J connectivity index is 1.84. The Morgan fingerprint density at radius 1 is 1.64 bits per heavy atom. The molecule has 2 atom stereocenters. The third-order valence-electron chi connectivity index (χ3n) is 2.76. The zero-order chi connectivity index (χ0) is 9.97. The highest BCUT2D eigenvalue weighted by Gasteiger charge is 2.36. The molecule has 2 fully saturated rings. The number of esters is 1. The summed E-state index contributed by atoms with van der Waals surface area (Å²) < 4.78 is 10.2. The molecule has 0 N–H and O–H groups in total. The van der Waals surface area contributed by atoms with Gasteiger partial charge in [-0.25, -0.2) is 0 Å². The molecular formula is C10H17NO3. The standard InChI is InChI=1S/C10H17NO3/c1-2-13-10(12)9-4-3-5-11(9)6-8-7-14-8/h8-9H,2-7H2,1H3. The van der Waals surface area contributed by atoms with Gasteiger partial charge >= 0.3 is 5.97 Å². The Morgan fingerprint density at radius 3 is 3.07 bits per heavy atom. The van der Waals surface area contributed by atoms with Crippen LogP contribution >= 0.6 is 0 Å². The Kier molecular flexibility index (Phi) is 3.03. The van der Waals surface area contributed by atoms with E-state index in [0.29, 0.717) is 12.7 Å². The van der Waals surface area contributed by atoms with Gasteiger partial charge in [0.15, 0.2) is 0 Å². The molecule has 80 valence electrons. The number of epoxide rings is 1. The van der Waals surface area contributed by atoms with Gasteiger partial charge in [-0.05, 0) is 26.3 Å². The Morgan fingerprint density at radius 2 is 2.43 bits per heavy atom. The summed E-state index contributed by atoms with van der Waals surface area (Å²) in [7, 11) is 0. The molecule has 0 aliphatic carbocycles. The Bertz CT molecular complexity index is 215. The molecular weight excluding hydrogens is 182 g/mol. The van der Waals surface area contributed by atoms with Crippen LogP contribution < -0.4 is 0 Å². The zero-order valence-corrected chi connectivity index (χ0v) is 8.57. The molecule has 0 aromatic heterocycles. The van der Waals surface area contributed by atoms with E-state index < -0.39 is 0 Å². The van der Waals surface area contributed by atoms with Crippen molar-refractivity contribution >= 4 is 5.97 Å². The first-order chi connectivity index (χ1) is 6.81. The molecule has 0 amide bonds. The molecule has 0 aromatic carbocycles. The van der Waals surface area contributed by atoms with Crippen molar-refractivity contribution in [3.63, 3.8) is 0 Å². The third kappa shape index (κ3) is 2.25. The summed E-state index contributed by atoms with van der Waals surface area (Å²) in [5.41, 5.74) is 0. The van der Waals surface area contributed by atoms with E-state index in [4.69, 9.17) is 9.47 Å². The minimum absolute atomic E-state index is 0.0147. The SMILES string of the molecule is CCOC(=O)C1CCCN1CC1CO1. The van der Waals surface area contributed by atoms with Gasteiger partial charge in [0.05, 0.1) is 19.3 Å². The zero-order valence-electron chi connectivity index (χ0n) is 8.57. The lowest BCUT2D eigenvalue weighted by molar-refractivity contribution is -0.148. The lowest BCUT2D eigenvalue weighted by Crippen LogP contribution is -2.39.